The van der Waals surface area contributed by atoms with Crippen molar-refractivity contribution < 1.29 is 4.74 Å². The Hall–Kier alpha value is -1.53. The summed E-state index contributed by atoms with van der Waals surface area (Å²) in [7, 11) is 1.78. The number of nitrogens with zero attached hydrogens (tertiary/aromatic N) is 3. The number of nitrogens with one attached hydrogen (secondary N) is 2. The smallest absolute Gasteiger partial charge is 0.232 e. The fourth-order valence-corrected chi connectivity index (χ4v) is 2.95. The van der Waals surface area contributed by atoms with Gasteiger partial charge in [-0.1, -0.05) is 18.5 Å². The van der Waals surface area contributed by atoms with E-state index < -0.39 is 0 Å². The summed E-state index contributed by atoms with van der Waals surface area (Å²) in [5.74, 6) is 1.85. The summed E-state index contributed by atoms with van der Waals surface area (Å²) >= 11 is 6.01. The van der Waals surface area contributed by atoms with E-state index in [-0.39, 0.29) is 0 Å². The zero-order valence-corrected chi connectivity index (χ0v) is 15.7. The molecule has 2 rings (SSSR count). The Labute approximate surface area is 149 Å². The van der Waals surface area contributed by atoms with Crippen LogP contribution >= 0.6 is 11.6 Å². The van der Waals surface area contributed by atoms with Crippen LogP contribution in [0.2, 0.25) is 5.02 Å². The Bertz CT molecular complexity index is 552. The monoisotopic (exact) mass is 353 g/mol. The molecular weight excluding hydrogens is 326 g/mol. The third-order valence-electron chi connectivity index (χ3n) is 4.27. The summed E-state index contributed by atoms with van der Waals surface area (Å²) in [6.45, 7) is 10.0. The molecule has 0 amide bonds. The van der Waals surface area contributed by atoms with Crippen molar-refractivity contribution in [3.8, 4) is 5.88 Å². The third kappa shape index (κ3) is 5.24. The quantitative estimate of drug-likeness (QED) is 0.465. The van der Waals surface area contributed by atoms with Crippen LogP contribution in [0.25, 0.3) is 0 Å². The van der Waals surface area contributed by atoms with Gasteiger partial charge in [-0.15, -0.1) is 0 Å². The second kappa shape index (κ2) is 9.08. The zero-order chi connectivity index (χ0) is 17.5. The first kappa shape index (κ1) is 18.8. The summed E-state index contributed by atoms with van der Waals surface area (Å²) in [5, 5.41) is 7.31. The highest BCUT2D eigenvalue weighted by Gasteiger charge is 2.31. The lowest BCUT2D eigenvalue weighted by molar-refractivity contribution is 0.265. The van der Waals surface area contributed by atoms with Crippen LogP contribution in [0.1, 0.15) is 20.8 Å². The predicted octanol–water partition coefficient (Wildman–Crippen LogP) is 2.01. The number of guanidine groups is 1. The average Bonchev–Trinajstić information content (AvgIpc) is 2.93. The maximum Gasteiger partial charge on any atom is 0.232 e. The van der Waals surface area contributed by atoms with Crippen LogP contribution in [0, 0.1) is 5.92 Å². The topological polar surface area (TPSA) is 61.8 Å². The molecule has 0 aromatic carbocycles. The van der Waals surface area contributed by atoms with Gasteiger partial charge in [0.15, 0.2) is 5.96 Å². The van der Waals surface area contributed by atoms with E-state index in [0.717, 1.165) is 19.0 Å². The Kier molecular flexibility index (Phi) is 7.12. The molecule has 1 aromatic heterocycles. The van der Waals surface area contributed by atoms with E-state index in [0.29, 0.717) is 42.1 Å². The normalized spacial score (nSPS) is 22.0. The van der Waals surface area contributed by atoms with Crippen LogP contribution in [0.5, 0.6) is 5.88 Å². The Morgan fingerprint density at radius 2 is 2.29 bits per heavy atom. The van der Waals surface area contributed by atoms with E-state index in [4.69, 9.17) is 16.3 Å². The van der Waals surface area contributed by atoms with Crippen molar-refractivity contribution in [3.63, 3.8) is 0 Å². The van der Waals surface area contributed by atoms with Gasteiger partial charge in [-0.2, -0.15) is 0 Å². The molecule has 2 atom stereocenters. The second-order valence-electron chi connectivity index (χ2n) is 6.41. The number of aliphatic imine (C=N–C) groups is 1. The van der Waals surface area contributed by atoms with Crippen molar-refractivity contribution in [2.75, 3.05) is 33.3 Å². The van der Waals surface area contributed by atoms with Crippen LogP contribution in [0.4, 0.5) is 0 Å². The van der Waals surface area contributed by atoms with Gasteiger partial charge in [-0.25, -0.2) is 4.98 Å². The minimum Gasteiger partial charge on any atom is -0.475 e. The number of aromatic nitrogens is 1. The van der Waals surface area contributed by atoms with E-state index in [9.17, 15) is 0 Å². The SMILES string of the molecule is CN=C(NCCOc1ncccc1Cl)NC1CN(C(C)C)CC1C. The molecule has 1 saturated heterocycles. The summed E-state index contributed by atoms with van der Waals surface area (Å²) < 4.78 is 5.57. The first-order valence-corrected chi connectivity index (χ1v) is 8.83. The summed E-state index contributed by atoms with van der Waals surface area (Å²) in [5.41, 5.74) is 0. The van der Waals surface area contributed by atoms with E-state index in [2.05, 4.69) is 46.3 Å². The Morgan fingerprint density at radius 1 is 1.50 bits per heavy atom. The Balaban J connectivity index is 1.74. The molecular formula is C17H28ClN5O. The van der Waals surface area contributed by atoms with Gasteiger partial charge in [-0.3, -0.25) is 9.89 Å². The number of ether oxygens (including phenoxy) is 1. The molecule has 1 fully saturated rings. The maximum atomic E-state index is 6.01. The molecule has 7 heteroatoms. The molecule has 134 valence electrons. The molecule has 1 aliphatic heterocycles. The second-order valence-corrected chi connectivity index (χ2v) is 6.82. The van der Waals surface area contributed by atoms with E-state index in [1.165, 1.54) is 0 Å². The fourth-order valence-electron chi connectivity index (χ4n) is 2.78. The lowest BCUT2D eigenvalue weighted by Gasteiger charge is -2.22. The molecule has 2 unspecified atom stereocenters. The van der Waals surface area contributed by atoms with Crippen molar-refractivity contribution in [1.82, 2.24) is 20.5 Å². The van der Waals surface area contributed by atoms with Gasteiger partial charge in [0.05, 0.1) is 6.54 Å². The molecule has 1 aliphatic rings. The molecule has 1 aromatic rings. The first-order valence-electron chi connectivity index (χ1n) is 8.45. The number of pyridine rings is 1. The fraction of sp³-hybridized carbons (Fsp3) is 0.647. The van der Waals surface area contributed by atoms with Crippen molar-refractivity contribution >= 4 is 17.6 Å². The molecule has 2 heterocycles. The number of likely N-dealkylation sites (tertiary alicyclic amines) is 1. The molecule has 6 nitrogen and oxygen atoms in total. The molecule has 2 N–H and O–H groups in total. The van der Waals surface area contributed by atoms with Crippen LogP contribution in [0.15, 0.2) is 23.3 Å². The van der Waals surface area contributed by atoms with E-state index in [1.54, 1.807) is 25.4 Å². The molecule has 24 heavy (non-hydrogen) atoms. The highest BCUT2D eigenvalue weighted by molar-refractivity contribution is 6.31. The van der Waals surface area contributed by atoms with Crippen molar-refractivity contribution in [2.45, 2.75) is 32.9 Å². The third-order valence-corrected chi connectivity index (χ3v) is 4.56. The highest BCUT2D eigenvalue weighted by Crippen LogP contribution is 2.20. The van der Waals surface area contributed by atoms with Crippen LogP contribution in [-0.4, -0.2) is 61.2 Å². The van der Waals surface area contributed by atoms with E-state index in [1.807, 2.05) is 0 Å². The molecule has 0 spiro atoms. The van der Waals surface area contributed by atoms with Gasteiger partial charge in [0, 0.05) is 38.4 Å². The molecule has 0 radical (unpaired) electrons. The number of halogens is 1. The summed E-state index contributed by atoms with van der Waals surface area (Å²) in [4.78, 5) is 10.9. The van der Waals surface area contributed by atoms with Gasteiger partial charge in [0.1, 0.15) is 11.6 Å². The van der Waals surface area contributed by atoms with Gasteiger partial charge < -0.3 is 15.4 Å². The van der Waals surface area contributed by atoms with Crippen molar-refractivity contribution in [3.05, 3.63) is 23.4 Å². The van der Waals surface area contributed by atoms with E-state index >= 15 is 0 Å². The average molecular weight is 354 g/mol. The molecule has 0 bridgehead atoms. The van der Waals surface area contributed by atoms with Crippen LogP contribution in [0.3, 0.4) is 0 Å². The standard InChI is InChI=1S/C17H28ClN5O/c1-12(2)23-10-13(3)15(11-23)22-17(19-4)21-8-9-24-16-14(18)6-5-7-20-16/h5-7,12-13,15H,8-11H2,1-4H3,(H2,19,21,22). The molecule has 0 saturated carbocycles. The Morgan fingerprint density at radius 3 is 2.92 bits per heavy atom. The highest BCUT2D eigenvalue weighted by atomic mass is 35.5. The molecule has 0 aliphatic carbocycles. The van der Waals surface area contributed by atoms with Crippen LogP contribution in [-0.2, 0) is 0 Å². The van der Waals surface area contributed by atoms with Gasteiger partial charge in [0.25, 0.3) is 0 Å². The van der Waals surface area contributed by atoms with Crippen molar-refractivity contribution in [1.29, 1.82) is 0 Å². The lowest BCUT2D eigenvalue weighted by atomic mass is 10.1. The van der Waals surface area contributed by atoms with Crippen molar-refractivity contribution in [2.24, 2.45) is 10.9 Å². The van der Waals surface area contributed by atoms with Gasteiger partial charge in [-0.05, 0) is 31.9 Å². The largest absolute Gasteiger partial charge is 0.475 e. The summed E-state index contributed by atoms with van der Waals surface area (Å²) in [6.07, 6.45) is 1.66. The minimum absolute atomic E-state index is 0.407. The first-order chi connectivity index (χ1) is 11.5. The number of hydrogen-bond donors (Lipinski definition) is 2. The zero-order valence-electron chi connectivity index (χ0n) is 14.9. The summed E-state index contributed by atoms with van der Waals surface area (Å²) in [6, 6.07) is 4.53. The van der Waals surface area contributed by atoms with Gasteiger partial charge in [0.2, 0.25) is 5.88 Å². The van der Waals surface area contributed by atoms with Crippen LogP contribution < -0.4 is 15.4 Å². The number of rotatable bonds is 6. The minimum atomic E-state index is 0.407. The number of hydrogen-bond acceptors (Lipinski definition) is 4. The maximum absolute atomic E-state index is 6.01. The van der Waals surface area contributed by atoms with Gasteiger partial charge >= 0.3 is 0 Å². The lowest BCUT2D eigenvalue weighted by Crippen LogP contribution is -2.47. The predicted molar refractivity (Wildman–Crippen MR) is 98.9 cm³/mol.